The highest BCUT2D eigenvalue weighted by atomic mass is 14.4. The van der Waals surface area contributed by atoms with Gasteiger partial charge in [0.25, 0.3) is 0 Å². The van der Waals surface area contributed by atoms with Crippen LogP contribution in [0.25, 0.3) is 0 Å². The third kappa shape index (κ3) is 1.67. The van der Waals surface area contributed by atoms with Gasteiger partial charge in [-0.1, -0.05) is 26.7 Å². The Hall–Kier alpha value is 0. The fraction of sp³-hybridized carbons (Fsp3) is 1.00. The van der Waals surface area contributed by atoms with Gasteiger partial charge in [0.1, 0.15) is 0 Å². The van der Waals surface area contributed by atoms with Crippen molar-refractivity contribution < 1.29 is 0 Å². The van der Waals surface area contributed by atoms with Crippen LogP contribution in [0.5, 0.6) is 0 Å². The molecule has 0 saturated heterocycles. The molecule has 0 N–H and O–H groups in total. The van der Waals surface area contributed by atoms with E-state index in [1.54, 1.807) is 12.8 Å². The van der Waals surface area contributed by atoms with Crippen LogP contribution in [-0.4, -0.2) is 0 Å². The smallest absolute Gasteiger partial charge is 0.0381 e. The molecule has 70 valence electrons. The Bertz CT molecular complexity index is 134. The summed E-state index contributed by atoms with van der Waals surface area (Å²) in [7, 11) is 0. The van der Waals surface area contributed by atoms with Gasteiger partial charge in [0, 0.05) is 0 Å². The van der Waals surface area contributed by atoms with Crippen molar-refractivity contribution in [3.05, 3.63) is 0 Å². The monoisotopic (exact) mass is 166 g/mol. The molecule has 0 aromatic heterocycles. The lowest BCUT2D eigenvalue weighted by atomic mass is 9.65. The van der Waals surface area contributed by atoms with Crippen molar-refractivity contribution in [1.82, 2.24) is 0 Å². The molecule has 4 atom stereocenters. The topological polar surface area (TPSA) is 0 Å². The third-order valence-corrected chi connectivity index (χ3v) is 4.14. The first kappa shape index (κ1) is 8.59. The predicted octanol–water partition coefficient (Wildman–Crippen LogP) is 3.86. The van der Waals surface area contributed by atoms with Crippen molar-refractivity contribution in [2.75, 3.05) is 0 Å². The predicted molar refractivity (Wildman–Crippen MR) is 53.0 cm³/mol. The van der Waals surface area contributed by atoms with Crippen LogP contribution in [0.3, 0.4) is 0 Å². The molecule has 0 heteroatoms. The summed E-state index contributed by atoms with van der Waals surface area (Å²) in [6.45, 7) is 4.88. The Balaban J connectivity index is 1.94. The summed E-state index contributed by atoms with van der Waals surface area (Å²) in [5, 5.41) is 0. The minimum Gasteiger partial charge on any atom is -0.0625 e. The zero-order valence-electron chi connectivity index (χ0n) is 8.55. The fourth-order valence-electron chi connectivity index (χ4n) is 3.36. The molecule has 0 spiro atoms. The largest absolute Gasteiger partial charge is 0.0625 e. The van der Waals surface area contributed by atoms with Gasteiger partial charge in [-0.05, 0) is 49.4 Å². The molecule has 2 aliphatic carbocycles. The molecule has 2 fully saturated rings. The average Bonchev–Trinajstić information content (AvgIpc) is 2.03. The molecule has 0 nitrogen and oxygen atoms in total. The summed E-state index contributed by atoms with van der Waals surface area (Å²) in [5.74, 6) is 4.28. The molecule has 2 rings (SSSR count). The highest BCUT2D eigenvalue weighted by molar-refractivity contribution is 4.83. The van der Waals surface area contributed by atoms with Crippen molar-refractivity contribution in [3.63, 3.8) is 0 Å². The second-order valence-electron chi connectivity index (χ2n) is 5.36. The molecule has 0 bridgehead atoms. The van der Waals surface area contributed by atoms with E-state index in [4.69, 9.17) is 0 Å². The molecular weight excluding hydrogens is 144 g/mol. The lowest BCUT2D eigenvalue weighted by Crippen LogP contribution is -2.29. The van der Waals surface area contributed by atoms with Gasteiger partial charge < -0.3 is 0 Å². The molecular formula is C12H22. The van der Waals surface area contributed by atoms with Crippen molar-refractivity contribution in [2.45, 2.75) is 52.4 Å². The summed E-state index contributed by atoms with van der Waals surface area (Å²) < 4.78 is 0. The Morgan fingerprint density at radius 1 is 0.667 bits per heavy atom. The van der Waals surface area contributed by atoms with Crippen molar-refractivity contribution >= 4 is 0 Å². The van der Waals surface area contributed by atoms with Crippen molar-refractivity contribution in [3.8, 4) is 0 Å². The summed E-state index contributed by atoms with van der Waals surface area (Å²) in [4.78, 5) is 0. The lowest BCUT2D eigenvalue weighted by Gasteiger charge is -2.40. The standard InChI is InChI=1S/C12H22/c1-9-3-5-11-6-4-10(2)8-12(11)7-9/h9-12H,3-8H2,1-2H3/t9-,10+,11?,12?. The van der Waals surface area contributed by atoms with Crippen LogP contribution < -0.4 is 0 Å². The quantitative estimate of drug-likeness (QED) is 0.512. The highest BCUT2D eigenvalue weighted by Gasteiger charge is 2.32. The fourth-order valence-corrected chi connectivity index (χ4v) is 3.36. The van der Waals surface area contributed by atoms with E-state index < -0.39 is 0 Å². The van der Waals surface area contributed by atoms with E-state index in [1.165, 1.54) is 25.7 Å². The average molecular weight is 166 g/mol. The summed E-state index contributed by atoms with van der Waals surface area (Å²) >= 11 is 0. The van der Waals surface area contributed by atoms with Crippen LogP contribution in [0.4, 0.5) is 0 Å². The number of hydrogen-bond donors (Lipinski definition) is 0. The van der Waals surface area contributed by atoms with Gasteiger partial charge in [-0.25, -0.2) is 0 Å². The van der Waals surface area contributed by atoms with Gasteiger partial charge in [-0.3, -0.25) is 0 Å². The van der Waals surface area contributed by atoms with Crippen LogP contribution in [0, 0.1) is 23.7 Å². The van der Waals surface area contributed by atoms with Gasteiger partial charge in [-0.2, -0.15) is 0 Å². The van der Waals surface area contributed by atoms with E-state index in [-0.39, 0.29) is 0 Å². The number of fused-ring (bicyclic) bond motifs is 1. The first-order valence-corrected chi connectivity index (χ1v) is 5.75. The van der Waals surface area contributed by atoms with Crippen LogP contribution in [-0.2, 0) is 0 Å². The highest BCUT2D eigenvalue weighted by Crippen LogP contribution is 2.44. The molecule has 12 heavy (non-hydrogen) atoms. The van der Waals surface area contributed by atoms with E-state index in [2.05, 4.69) is 13.8 Å². The summed E-state index contributed by atoms with van der Waals surface area (Å²) in [6.07, 6.45) is 9.17. The molecule has 0 aromatic rings. The molecule has 2 saturated carbocycles. The first-order chi connectivity index (χ1) is 5.75. The molecule has 0 aromatic carbocycles. The van der Waals surface area contributed by atoms with E-state index in [0.29, 0.717) is 0 Å². The van der Waals surface area contributed by atoms with Crippen LogP contribution >= 0.6 is 0 Å². The van der Waals surface area contributed by atoms with Gasteiger partial charge >= 0.3 is 0 Å². The summed E-state index contributed by atoms with van der Waals surface area (Å²) in [5.41, 5.74) is 0. The molecule has 0 amide bonds. The Morgan fingerprint density at radius 2 is 1.17 bits per heavy atom. The second-order valence-corrected chi connectivity index (χ2v) is 5.36. The SMILES string of the molecule is C[C@@H]1CCC2CC[C@H](C)CC2C1. The molecule has 0 radical (unpaired) electrons. The lowest BCUT2D eigenvalue weighted by molar-refractivity contribution is 0.109. The Kier molecular flexibility index (Phi) is 2.43. The van der Waals surface area contributed by atoms with E-state index >= 15 is 0 Å². The third-order valence-electron chi connectivity index (χ3n) is 4.14. The second kappa shape index (κ2) is 3.40. The Labute approximate surface area is 76.7 Å². The summed E-state index contributed by atoms with van der Waals surface area (Å²) in [6, 6.07) is 0. The minimum absolute atomic E-state index is 1.02. The van der Waals surface area contributed by atoms with E-state index in [0.717, 1.165) is 23.7 Å². The minimum atomic E-state index is 1.02. The van der Waals surface area contributed by atoms with E-state index in [9.17, 15) is 0 Å². The number of hydrogen-bond acceptors (Lipinski definition) is 0. The van der Waals surface area contributed by atoms with Gasteiger partial charge in [0.05, 0.1) is 0 Å². The maximum atomic E-state index is 2.44. The van der Waals surface area contributed by atoms with Crippen LogP contribution in [0.15, 0.2) is 0 Å². The molecule has 0 aliphatic heterocycles. The van der Waals surface area contributed by atoms with Gasteiger partial charge in [-0.15, -0.1) is 0 Å². The molecule has 0 heterocycles. The molecule has 2 aliphatic rings. The number of rotatable bonds is 0. The normalized spacial score (nSPS) is 48.5. The first-order valence-electron chi connectivity index (χ1n) is 5.75. The van der Waals surface area contributed by atoms with Crippen LogP contribution in [0.1, 0.15) is 52.4 Å². The van der Waals surface area contributed by atoms with Crippen LogP contribution in [0.2, 0.25) is 0 Å². The van der Waals surface area contributed by atoms with E-state index in [1.807, 2.05) is 0 Å². The zero-order chi connectivity index (χ0) is 8.55. The van der Waals surface area contributed by atoms with Gasteiger partial charge in [0.15, 0.2) is 0 Å². The van der Waals surface area contributed by atoms with Crippen molar-refractivity contribution in [2.24, 2.45) is 23.7 Å². The molecule has 2 unspecified atom stereocenters. The van der Waals surface area contributed by atoms with Gasteiger partial charge in [0.2, 0.25) is 0 Å². The maximum absolute atomic E-state index is 2.44. The Morgan fingerprint density at radius 3 is 1.67 bits per heavy atom. The zero-order valence-corrected chi connectivity index (χ0v) is 8.55. The maximum Gasteiger partial charge on any atom is -0.0381 e. The van der Waals surface area contributed by atoms with Crippen molar-refractivity contribution in [1.29, 1.82) is 0 Å².